The number of nitrogens with one attached hydrogen (secondary N) is 1. The Morgan fingerprint density at radius 3 is 2.14 bits per heavy atom. The maximum Gasteiger partial charge on any atom is 0.243 e. The first kappa shape index (κ1) is 34.2. The molecule has 0 radical (unpaired) electrons. The van der Waals surface area contributed by atoms with E-state index in [4.69, 9.17) is 27.9 Å². The van der Waals surface area contributed by atoms with Gasteiger partial charge in [-0.2, -0.15) is 0 Å². The number of carbonyl (C=O) groups is 2. The largest absolute Gasteiger partial charge is 0.497 e. The molecule has 3 rings (SSSR count). The van der Waals surface area contributed by atoms with E-state index in [1.165, 1.54) is 16.3 Å². The number of hydrogen-bond acceptors (Lipinski definition) is 5. The smallest absolute Gasteiger partial charge is 0.243 e. The van der Waals surface area contributed by atoms with E-state index in [1.54, 1.807) is 42.5 Å². The Morgan fingerprint density at radius 2 is 1.58 bits per heavy atom. The summed E-state index contributed by atoms with van der Waals surface area (Å²) in [5.41, 5.74) is 1.88. The lowest BCUT2D eigenvalue weighted by atomic mass is 10.0. The van der Waals surface area contributed by atoms with Gasteiger partial charge < -0.3 is 15.0 Å². The molecule has 232 valence electrons. The summed E-state index contributed by atoms with van der Waals surface area (Å²) in [4.78, 5) is 29.2. The number of nitrogens with zero attached hydrogens (tertiary/aromatic N) is 2. The standard InChI is InChI=1S/C32H39Cl2N3O5S/c1-5-23(2)35-32(39)30(21-24-11-7-6-8-12-24)36(22-27-28(33)13-9-14-29(27)34)31(38)15-10-20-37(43(4,40)41)25-16-18-26(42-3)19-17-25/h6-9,11-14,16-19,23,30H,5,10,15,20-22H2,1-4H3,(H,35,39)/t23-,30+/m0/s1. The molecular formula is C32H39Cl2N3O5S. The number of carbonyl (C=O) groups excluding carboxylic acids is 2. The van der Waals surface area contributed by atoms with E-state index in [9.17, 15) is 18.0 Å². The van der Waals surface area contributed by atoms with Crippen molar-refractivity contribution >= 4 is 50.7 Å². The number of rotatable bonds is 15. The van der Waals surface area contributed by atoms with Crippen LogP contribution in [-0.2, 0) is 32.6 Å². The zero-order chi connectivity index (χ0) is 31.6. The van der Waals surface area contributed by atoms with Crippen molar-refractivity contribution in [1.82, 2.24) is 10.2 Å². The summed E-state index contributed by atoms with van der Waals surface area (Å²) < 4.78 is 31.8. The molecular weight excluding hydrogens is 609 g/mol. The summed E-state index contributed by atoms with van der Waals surface area (Å²) in [6.07, 6.45) is 2.33. The van der Waals surface area contributed by atoms with Crippen LogP contribution in [0, 0.1) is 0 Å². The maximum absolute atomic E-state index is 14.0. The highest BCUT2D eigenvalue weighted by molar-refractivity contribution is 7.92. The number of ether oxygens (including phenoxy) is 1. The second-order valence-corrected chi connectivity index (χ2v) is 13.1. The first-order valence-electron chi connectivity index (χ1n) is 14.1. The Balaban J connectivity index is 1.92. The minimum absolute atomic E-state index is 0.00779. The monoisotopic (exact) mass is 647 g/mol. The van der Waals surface area contributed by atoms with Crippen molar-refractivity contribution in [3.05, 3.63) is 94.0 Å². The molecule has 11 heteroatoms. The molecule has 0 aliphatic rings. The Labute approximate surface area is 265 Å². The quantitative estimate of drug-likeness (QED) is 0.215. The van der Waals surface area contributed by atoms with Gasteiger partial charge in [-0.25, -0.2) is 8.42 Å². The van der Waals surface area contributed by atoms with Crippen LogP contribution in [0.5, 0.6) is 5.75 Å². The van der Waals surface area contributed by atoms with Crippen molar-refractivity contribution in [2.75, 3.05) is 24.2 Å². The van der Waals surface area contributed by atoms with Gasteiger partial charge in [-0.3, -0.25) is 13.9 Å². The van der Waals surface area contributed by atoms with Crippen molar-refractivity contribution < 1.29 is 22.7 Å². The minimum Gasteiger partial charge on any atom is -0.497 e. The molecule has 0 unspecified atom stereocenters. The normalized spacial score (nSPS) is 12.7. The lowest BCUT2D eigenvalue weighted by molar-refractivity contribution is -0.141. The highest BCUT2D eigenvalue weighted by Gasteiger charge is 2.32. The third-order valence-corrected chi connectivity index (χ3v) is 9.08. The molecule has 0 fully saturated rings. The summed E-state index contributed by atoms with van der Waals surface area (Å²) in [6, 6.07) is 20.3. The SMILES string of the molecule is CC[C@H](C)NC(=O)[C@@H](Cc1ccccc1)N(Cc1c(Cl)cccc1Cl)C(=O)CCCN(c1ccc(OC)cc1)S(C)(=O)=O. The predicted molar refractivity (Wildman–Crippen MR) is 173 cm³/mol. The average molecular weight is 649 g/mol. The van der Waals surface area contributed by atoms with Gasteiger partial charge in [-0.15, -0.1) is 0 Å². The molecule has 1 N–H and O–H groups in total. The van der Waals surface area contributed by atoms with Crippen LogP contribution in [0.15, 0.2) is 72.8 Å². The number of amides is 2. The number of sulfonamides is 1. The van der Waals surface area contributed by atoms with Gasteiger partial charge in [0.05, 0.1) is 19.1 Å². The summed E-state index contributed by atoms with van der Waals surface area (Å²) in [6.45, 7) is 3.96. The van der Waals surface area contributed by atoms with E-state index in [0.29, 0.717) is 27.0 Å². The van der Waals surface area contributed by atoms with E-state index in [1.807, 2.05) is 44.2 Å². The number of hydrogen-bond donors (Lipinski definition) is 1. The molecule has 0 bridgehead atoms. The number of benzene rings is 3. The second-order valence-electron chi connectivity index (χ2n) is 10.4. The first-order valence-corrected chi connectivity index (χ1v) is 16.7. The zero-order valence-corrected chi connectivity index (χ0v) is 27.3. The molecule has 0 saturated heterocycles. The van der Waals surface area contributed by atoms with Crippen LogP contribution in [0.1, 0.15) is 44.2 Å². The van der Waals surface area contributed by atoms with Gasteiger partial charge in [-0.1, -0.05) is 66.5 Å². The van der Waals surface area contributed by atoms with E-state index in [-0.39, 0.29) is 50.2 Å². The third kappa shape index (κ3) is 9.88. The molecule has 0 aromatic heterocycles. The van der Waals surface area contributed by atoms with E-state index < -0.39 is 16.1 Å². The molecule has 0 heterocycles. The van der Waals surface area contributed by atoms with E-state index in [0.717, 1.165) is 18.2 Å². The topological polar surface area (TPSA) is 96.0 Å². The molecule has 8 nitrogen and oxygen atoms in total. The summed E-state index contributed by atoms with van der Waals surface area (Å²) in [7, 11) is -2.10. The highest BCUT2D eigenvalue weighted by atomic mass is 35.5. The first-order chi connectivity index (χ1) is 20.4. The van der Waals surface area contributed by atoms with Gasteiger partial charge in [0.15, 0.2) is 0 Å². The van der Waals surface area contributed by atoms with Crippen molar-refractivity contribution in [3.8, 4) is 5.75 Å². The molecule has 0 spiro atoms. The molecule has 2 atom stereocenters. The Bertz CT molecular complexity index is 1450. The lowest BCUT2D eigenvalue weighted by Gasteiger charge is -2.33. The van der Waals surface area contributed by atoms with Crippen LogP contribution in [0.2, 0.25) is 10.0 Å². The summed E-state index contributed by atoms with van der Waals surface area (Å²) in [5, 5.41) is 3.80. The molecule has 3 aromatic rings. The van der Waals surface area contributed by atoms with Crippen molar-refractivity contribution in [1.29, 1.82) is 0 Å². The predicted octanol–water partition coefficient (Wildman–Crippen LogP) is 6.10. The van der Waals surface area contributed by atoms with E-state index >= 15 is 0 Å². The Morgan fingerprint density at radius 1 is 0.953 bits per heavy atom. The minimum atomic E-state index is -3.63. The van der Waals surface area contributed by atoms with Gasteiger partial charge in [0.2, 0.25) is 21.8 Å². The third-order valence-electron chi connectivity index (χ3n) is 7.17. The fourth-order valence-corrected chi connectivity index (χ4v) is 6.08. The van der Waals surface area contributed by atoms with Crippen molar-refractivity contribution in [2.24, 2.45) is 0 Å². The fourth-order valence-electron chi connectivity index (χ4n) is 4.60. The number of anilines is 1. The van der Waals surface area contributed by atoms with E-state index in [2.05, 4.69) is 5.32 Å². The van der Waals surface area contributed by atoms with Crippen LogP contribution in [0.25, 0.3) is 0 Å². The number of halogens is 2. The molecule has 0 aliphatic heterocycles. The average Bonchev–Trinajstić information content (AvgIpc) is 2.98. The van der Waals surface area contributed by atoms with Crippen molar-refractivity contribution in [3.63, 3.8) is 0 Å². The molecule has 2 amide bonds. The Kier molecular flexibility index (Phi) is 12.7. The molecule has 0 saturated carbocycles. The van der Waals surface area contributed by atoms with Crippen molar-refractivity contribution in [2.45, 2.75) is 58.2 Å². The highest BCUT2D eigenvalue weighted by Crippen LogP contribution is 2.28. The summed E-state index contributed by atoms with van der Waals surface area (Å²) >= 11 is 13.0. The van der Waals surface area contributed by atoms with Gasteiger partial charge in [-0.05, 0) is 61.7 Å². The Hall–Kier alpha value is -3.27. The van der Waals surface area contributed by atoms with Crippen LogP contribution < -0.4 is 14.4 Å². The molecule has 3 aromatic carbocycles. The lowest BCUT2D eigenvalue weighted by Crippen LogP contribution is -2.52. The van der Waals surface area contributed by atoms with Crippen LogP contribution in [-0.4, -0.2) is 57.1 Å². The molecule has 43 heavy (non-hydrogen) atoms. The zero-order valence-electron chi connectivity index (χ0n) is 24.9. The van der Waals surface area contributed by atoms with Gasteiger partial charge in [0.25, 0.3) is 0 Å². The number of methoxy groups -OCH3 is 1. The van der Waals surface area contributed by atoms with Gasteiger partial charge in [0.1, 0.15) is 11.8 Å². The second kappa shape index (κ2) is 16.0. The summed E-state index contributed by atoms with van der Waals surface area (Å²) in [5.74, 6) is -0.00787. The molecule has 0 aliphatic carbocycles. The van der Waals surface area contributed by atoms with Gasteiger partial charge in [0, 0.05) is 47.6 Å². The maximum atomic E-state index is 14.0. The van der Waals surface area contributed by atoms with Crippen LogP contribution in [0.3, 0.4) is 0 Å². The van der Waals surface area contributed by atoms with Crippen LogP contribution in [0.4, 0.5) is 5.69 Å². The van der Waals surface area contributed by atoms with Crippen LogP contribution >= 0.6 is 23.2 Å². The van der Waals surface area contributed by atoms with Gasteiger partial charge >= 0.3 is 0 Å². The fraction of sp³-hybridized carbons (Fsp3) is 0.375.